The van der Waals surface area contributed by atoms with Gasteiger partial charge in [0.2, 0.25) is 11.8 Å². The van der Waals surface area contributed by atoms with Crippen LogP contribution in [0.3, 0.4) is 0 Å². The van der Waals surface area contributed by atoms with Crippen LogP contribution in [0, 0.1) is 0 Å². The van der Waals surface area contributed by atoms with E-state index < -0.39 is 0 Å². The third kappa shape index (κ3) is 6.90. The van der Waals surface area contributed by atoms with Crippen LogP contribution in [0.1, 0.15) is 25.3 Å². The maximum absolute atomic E-state index is 11.7. The van der Waals surface area contributed by atoms with Gasteiger partial charge in [-0.2, -0.15) is 0 Å². The molecule has 5 heteroatoms. The van der Waals surface area contributed by atoms with Crippen LogP contribution in [0.25, 0.3) is 0 Å². The van der Waals surface area contributed by atoms with Crippen LogP contribution in [0.4, 0.5) is 5.69 Å². The Bertz CT molecular complexity index is 455. The molecule has 0 unspecified atom stereocenters. The average molecular weight is 292 g/mol. The lowest BCUT2D eigenvalue weighted by Crippen LogP contribution is -2.23. The molecule has 0 fully saturated rings. The molecule has 116 valence electrons. The zero-order valence-corrected chi connectivity index (χ0v) is 13.0. The van der Waals surface area contributed by atoms with Gasteiger partial charge in [-0.05, 0) is 31.0 Å². The molecule has 0 aliphatic heterocycles. The molecule has 2 amide bonds. The summed E-state index contributed by atoms with van der Waals surface area (Å²) in [5.74, 6) is 0.0366. The first kappa shape index (κ1) is 17.2. The molecule has 0 bridgehead atoms. The molecule has 0 heterocycles. The maximum Gasteiger partial charge on any atom is 0.226 e. The minimum Gasteiger partial charge on any atom is -0.382 e. The van der Waals surface area contributed by atoms with Gasteiger partial charge in [-0.25, -0.2) is 0 Å². The van der Waals surface area contributed by atoms with E-state index in [0.717, 1.165) is 17.7 Å². The van der Waals surface area contributed by atoms with Gasteiger partial charge in [0.25, 0.3) is 0 Å². The number of carbonyl (C=O) groups excluding carboxylic acids is 2. The predicted molar refractivity (Wildman–Crippen MR) is 83.2 cm³/mol. The SMILES string of the molecule is CCOCCCC(=O)Nc1ccc(CC(=O)N(C)C)cc1. The Labute approximate surface area is 126 Å². The van der Waals surface area contributed by atoms with Gasteiger partial charge in [-0.1, -0.05) is 12.1 Å². The van der Waals surface area contributed by atoms with Crippen molar-refractivity contribution >= 4 is 17.5 Å². The van der Waals surface area contributed by atoms with E-state index in [9.17, 15) is 9.59 Å². The van der Waals surface area contributed by atoms with Crippen molar-refractivity contribution in [1.82, 2.24) is 4.90 Å². The number of rotatable bonds is 8. The smallest absolute Gasteiger partial charge is 0.226 e. The molecule has 21 heavy (non-hydrogen) atoms. The fourth-order valence-corrected chi connectivity index (χ4v) is 1.74. The molecule has 0 saturated heterocycles. The van der Waals surface area contributed by atoms with Crippen molar-refractivity contribution in [2.24, 2.45) is 0 Å². The standard InChI is InChI=1S/C16H24N2O3/c1-4-21-11-5-6-15(19)17-14-9-7-13(8-10-14)12-16(20)18(2)3/h7-10H,4-6,11-12H2,1-3H3,(H,17,19). The number of nitrogens with zero attached hydrogens (tertiary/aromatic N) is 1. The summed E-state index contributed by atoms with van der Waals surface area (Å²) >= 11 is 0. The van der Waals surface area contributed by atoms with Gasteiger partial charge < -0.3 is 15.0 Å². The molecule has 1 rings (SSSR count). The van der Waals surface area contributed by atoms with E-state index in [0.29, 0.717) is 26.1 Å². The maximum atomic E-state index is 11.7. The number of likely N-dealkylation sites (N-methyl/N-ethyl adjacent to an activating group) is 1. The van der Waals surface area contributed by atoms with Gasteiger partial charge in [-0.15, -0.1) is 0 Å². The lowest BCUT2D eigenvalue weighted by atomic mass is 10.1. The summed E-state index contributed by atoms with van der Waals surface area (Å²) in [4.78, 5) is 24.9. The molecule has 1 aromatic carbocycles. The van der Waals surface area contributed by atoms with Crippen LogP contribution < -0.4 is 5.32 Å². The van der Waals surface area contributed by atoms with Crippen LogP contribution >= 0.6 is 0 Å². The van der Waals surface area contributed by atoms with Crippen LogP contribution in [-0.2, 0) is 20.7 Å². The average Bonchev–Trinajstić information content (AvgIpc) is 2.45. The molecular formula is C16H24N2O3. The molecule has 0 aromatic heterocycles. The highest BCUT2D eigenvalue weighted by molar-refractivity contribution is 5.90. The van der Waals surface area contributed by atoms with Crippen LogP contribution in [-0.4, -0.2) is 44.0 Å². The van der Waals surface area contributed by atoms with Gasteiger partial charge in [0, 0.05) is 39.4 Å². The number of ether oxygens (including phenoxy) is 1. The minimum atomic E-state index is -0.0215. The summed E-state index contributed by atoms with van der Waals surface area (Å²) in [5, 5.41) is 2.83. The third-order valence-electron chi connectivity index (χ3n) is 2.99. The van der Waals surface area contributed by atoms with Crippen molar-refractivity contribution in [2.75, 3.05) is 32.6 Å². The molecule has 0 spiro atoms. The first-order valence-corrected chi connectivity index (χ1v) is 7.19. The number of amides is 2. The molecule has 0 atom stereocenters. The van der Waals surface area contributed by atoms with Crippen molar-refractivity contribution in [2.45, 2.75) is 26.2 Å². The van der Waals surface area contributed by atoms with Gasteiger partial charge in [0.15, 0.2) is 0 Å². The number of carbonyl (C=O) groups is 2. The van der Waals surface area contributed by atoms with Gasteiger partial charge >= 0.3 is 0 Å². The van der Waals surface area contributed by atoms with E-state index in [2.05, 4.69) is 5.32 Å². The first-order chi connectivity index (χ1) is 10.0. The fraction of sp³-hybridized carbons (Fsp3) is 0.500. The number of benzene rings is 1. The summed E-state index contributed by atoms with van der Waals surface area (Å²) in [6.45, 7) is 3.22. The Morgan fingerprint density at radius 1 is 1.19 bits per heavy atom. The molecule has 1 aromatic rings. The largest absolute Gasteiger partial charge is 0.382 e. The highest BCUT2D eigenvalue weighted by Gasteiger charge is 2.06. The monoisotopic (exact) mass is 292 g/mol. The van der Waals surface area contributed by atoms with Crippen molar-refractivity contribution in [3.05, 3.63) is 29.8 Å². The molecule has 0 saturated carbocycles. The van der Waals surface area contributed by atoms with Crippen molar-refractivity contribution in [3.63, 3.8) is 0 Å². The Balaban J connectivity index is 2.40. The van der Waals surface area contributed by atoms with E-state index in [-0.39, 0.29) is 11.8 Å². The number of hydrogen-bond acceptors (Lipinski definition) is 3. The van der Waals surface area contributed by atoms with Crippen LogP contribution in [0.5, 0.6) is 0 Å². The van der Waals surface area contributed by atoms with Crippen molar-refractivity contribution in [3.8, 4) is 0 Å². The number of hydrogen-bond donors (Lipinski definition) is 1. The van der Waals surface area contributed by atoms with E-state index in [1.165, 1.54) is 0 Å². The second kappa shape index (κ2) is 9.13. The van der Waals surface area contributed by atoms with Gasteiger partial charge in [0.1, 0.15) is 0 Å². The molecular weight excluding hydrogens is 268 g/mol. The van der Waals surface area contributed by atoms with Gasteiger partial charge in [0.05, 0.1) is 6.42 Å². The molecule has 5 nitrogen and oxygen atoms in total. The zero-order chi connectivity index (χ0) is 15.7. The fourth-order valence-electron chi connectivity index (χ4n) is 1.74. The summed E-state index contributed by atoms with van der Waals surface area (Å²) in [5.41, 5.74) is 1.68. The predicted octanol–water partition coefficient (Wildman–Crippen LogP) is 2.07. The molecule has 0 aliphatic carbocycles. The molecule has 1 N–H and O–H groups in total. The second-order valence-electron chi connectivity index (χ2n) is 5.01. The molecule has 0 radical (unpaired) electrons. The van der Waals surface area contributed by atoms with Crippen LogP contribution in [0.2, 0.25) is 0 Å². The topological polar surface area (TPSA) is 58.6 Å². The van der Waals surface area contributed by atoms with Crippen molar-refractivity contribution < 1.29 is 14.3 Å². The lowest BCUT2D eigenvalue weighted by molar-refractivity contribution is -0.128. The van der Waals surface area contributed by atoms with Crippen molar-refractivity contribution in [1.29, 1.82) is 0 Å². The Kier molecular flexibility index (Phi) is 7.46. The quantitative estimate of drug-likeness (QED) is 0.746. The Morgan fingerprint density at radius 3 is 2.43 bits per heavy atom. The normalized spacial score (nSPS) is 10.2. The van der Waals surface area contributed by atoms with Crippen LogP contribution in [0.15, 0.2) is 24.3 Å². The van der Waals surface area contributed by atoms with E-state index in [4.69, 9.17) is 4.74 Å². The Hall–Kier alpha value is -1.88. The number of anilines is 1. The summed E-state index contributed by atoms with van der Waals surface area (Å²) in [7, 11) is 3.47. The summed E-state index contributed by atoms with van der Waals surface area (Å²) in [6, 6.07) is 7.35. The minimum absolute atomic E-state index is 0.0215. The number of nitrogens with one attached hydrogen (secondary N) is 1. The zero-order valence-electron chi connectivity index (χ0n) is 13.0. The first-order valence-electron chi connectivity index (χ1n) is 7.19. The Morgan fingerprint density at radius 2 is 1.86 bits per heavy atom. The van der Waals surface area contributed by atoms with E-state index in [1.54, 1.807) is 19.0 Å². The van der Waals surface area contributed by atoms with E-state index in [1.807, 2.05) is 31.2 Å². The second-order valence-corrected chi connectivity index (χ2v) is 5.01. The molecule has 0 aliphatic rings. The van der Waals surface area contributed by atoms with E-state index >= 15 is 0 Å². The lowest BCUT2D eigenvalue weighted by Gasteiger charge is -2.10. The summed E-state index contributed by atoms with van der Waals surface area (Å²) in [6.07, 6.45) is 1.53. The third-order valence-corrected chi connectivity index (χ3v) is 2.99. The summed E-state index contributed by atoms with van der Waals surface area (Å²) < 4.78 is 5.19. The highest BCUT2D eigenvalue weighted by Crippen LogP contribution is 2.11. The van der Waals surface area contributed by atoms with Gasteiger partial charge in [-0.3, -0.25) is 9.59 Å². The highest BCUT2D eigenvalue weighted by atomic mass is 16.5.